The number of aliphatic hydroxyl groups excluding tert-OH is 1. The molecule has 73 heavy (non-hydrogen) atoms. The second-order valence-electron chi connectivity index (χ2n) is 19.5. The first-order chi connectivity index (χ1) is 35.5. The van der Waals surface area contributed by atoms with Crippen LogP contribution in [0.5, 0.6) is 0 Å². The lowest BCUT2D eigenvalue weighted by molar-refractivity contribution is -0.870. The van der Waals surface area contributed by atoms with Gasteiger partial charge in [0.1, 0.15) is 13.2 Å². The van der Waals surface area contributed by atoms with E-state index >= 15 is 0 Å². The number of phosphoric ester groups is 1. The number of likely N-dealkylation sites (N-methyl/N-ethyl adjacent to an activating group) is 1. The van der Waals surface area contributed by atoms with E-state index in [0.717, 1.165) is 141 Å². The van der Waals surface area contributed by atoms with Crippen LogP contribution in [-0.2, 0) is 18.4 Å². The molecule has 0 aromatic heterocycles. The number of quaternary nitrogens is 1. The number of allylic oxidation sites excluding steroid dienone is 25. The fourth-order valence-corrected chi connectivity index (χ4v) is 7.76. The van der Waals surface area contributed by atoms with Crippen molar-refractivity contribution in [1.82, 2.24) is 5.32 Å². The highest BCUT2D eigenvalue weighted by Crippen LogP contribution is 2.38. The minimum absolute atomic E-state index is 0.0211. The van der Waals surface area contributed by atoms with Gasteiger partial charge in [0.05, 0.1) is 39.9 Å². The van der Waals surface area contributed by atoms with Crippen LogP contribution in [0.2, 0.25) is 0 Å². The third kappa shape index (κ3) is 55.7. The van der Waals surface area contributed by atoms with Crippen LogP contribution in [0, 0.1) is 0 Å². The summed E-state index contributed by atoms with van der Waals surface area (Å²) in [5.74, 6) is -0.235. The van der Waals surface area contributed by atoms with Gasteiger partial charge in [0.25, 0.3) is 7.82 Å². The number of carbonyl (C=O) groups excluding carboxylic acids is 1. The number of phosphoric acid groups is 1. The third-order valence-corrected chi connectivity index (χ3v) is 12.4. The Balaban J connectivity index is 4.25. The van der Waals surface area contributed by atoms with Gasteiger partial charge in [0, 0.05) is 6.42 Å². The number of hydrogen-bond acceptors (Lipinski definition) is 6. The number of nitrogens with zero attached hydrogens (tertiary/aromatic N) is 1. The van der Waals surface area contributed by atoms with E-state index in [1.807, 2.05) is 27.2 Å². The maximum atomic E-state index is 12.9. The molecule has 0 rings (SSSR count). The summed E-state index contributed by atoms with van der Waals surface area (Å²) in [5.41, 5.74) is 0. The molecular weight excluding hydrogens is 924 g/mol. The zero-order valence-corrected chi connectivity index (χ0v) is 47.7. The van der Waals surface area contributed by atoms with Crippen LogP contribution >= 0.6 is 7.82 Å². The fourth-order valence-electron chi connectivity index (χ4n) is 7.03. The first kappa shape index (κ1) is 69.1. The Morgan fingerprint density at radius 3 is 1.27 bits per heavy atom. The van der Waals surface area contributed by atoms with Crippen LogP contribution in [0.1, 0.15) is 187 Å². The van der Waals surface area contributed by atoms with E-state index in [4.69, 9.17) is 9.05 Å². The Hall–Kier alpha value is -3.88. The molecule has 0 aliphatic heterocycles. The van der Waals surface area contributed by atoms with E-state index in [2.05, 4.69) is 165 Å². The quantitative estimate of drug-likeness (QED) is 0.0272. The number of nitrogens with one attached hydrogen (secondary N) is 1. The number of hydrogen-bond donors (Lipinski definition) is 2. The highest BCUT2D eigenvalue weighted by Gasteiger charge is 2.23. The monoisotopic (exact) mass is 1030 g/mol. The Morgan fingerprint density at radius 2 is 0.849 bits per heavy atom. The highest BCUT2D eigenvalue weighted by molar-refractivity contribution is 7.45. The van der Waals surface area contributed by atoms with Gasteiger partial charge in [-0.3, -0.25) is 9.36 Å². The molecule has 9 heteroatoms. The van der Waals surface area contributed by atoms with Crippen LogP contribution in [0.4, 0.5) is 0 Å². The summed E-state index contributed by atoms with van der Waals surface area (Å²) in [6, 6.07) is -0.929. The molecule has 3 atom stereocenters. The zero-order valence-electron chi connectivity index (χ0n) is 46.8. The summed E-state index contributed by atoms with van der Waals surface area (Å²) in [6.45, 7) is 4.44. The summed E-state index contributed by atoms with van der Waals surface area (Å²) in [7, 11) is 1.20. The summed E-state index contributed by atoms with van der Waals surface area (Å²) < 4.78 is 23.2. The maximum Gasteiger partial charge on any atom is 0.268 e. The molecular formula is C64H105N2O6P. The lowest BCUT2D eigenvalue weighted by atomic mass is 10.1. The molecule has 0 bridgehead atoms. The van der Waals surface area contributed by atoms with Gasteiger partial charge in [-0.25, -0.2) is 0 Å². The SMILES string of the molecule is CC/C=C\C/C=C\C/C=C\C/C=C\C/C=C\C/C=C\C/C=C\C/C=C\C/C=C\C/C=C\CCCCCCCCC(=O)NC(COP(=O)([O-])OCC[N+](C)(C)C)C(O)/C=C/CC/C=C/CC/C=C/CCCCCC. The molecule has 0 fully saturated rings. The van der Waals surface area contributed by atoms with E-state index in [1.54, 1.807) is 6.08 Å². The second kappa shape index (κ2) is 53.0. The minimum atomic E-state index is -4.62. The Bertz CT molecular complexity index is 1740. The van der Waals surface area contributed by atoms with Gasteiger partial charge < -0.3 is 28.8 Å². The number of carbonyl (C=O) groups is 1. The third-order valence-electron chi connectivity index (χ3n) is 11.4. The highest BCUT2D eigenvalue weighted by atomic mass is 31.2. The van der Waals surface area contributed by atoms with Crippen molar-refractivity contribution in [2.24, 2.45) is 0 Å². The molecule has 0 aromatic rings. The van der Waals surface area contributed by atoms with Crippen molar-refractivity contribution in [3.63, 3.8) is 0 Å². The van der Waals surface area contributed by atoms with Gasteiger partial charge in [-0.05, 0) is 122 Å². The molecule has 0 radical (unpaired) electrons. The molecule has 0 aliphatic rings. The molecule has 0 heterocycles. The van der Waals surface area contributed by atoms with Crippen molar-refractivity contribution in [1.29, 1.82) is 0 Å². The average Bonchev–Trinajstić information content (AvgIpc) is 3.35. The lowest BCUT2D eigenvalue weighted by Crippen LogP contribution is -2.45. The Kier molecular flexibility index (Phi) is 50.1. The first-order valence-electron chi connectivity index (χ1n) is 28.3. The van der Waals surface area contributed by atoms with Crippen LogP contribution in [0.25, 0.3) is 0 Å². The van der Waals surface area contributed by atoms with Gasteiger partial charge in [0.2, 0.25) is 5.91 Å². The first-order valence-corrected chi connectivity index (χ1v) is 29.8. The maximum absolute atomic E-state index is 12.9. The minimum Gasteiger partial charge on any atom is -0.756 e. The Labute approximate surface area is 448 Å². The molecule has 0 aliphatic carbocycles. The van der Waals surface area contributed by atoms with Gasteiger partial charge in [-0.15, -0.1) is 0 Å². The van der Waals surface area contributed by atoms with Crippen molar-refractivity contribution in [3.05, 3.63) is 158 Å². The summed E-state index contributed by atoms with van der Waals surface area (Å²) in [5, 5.41) is 13.8. The summed E-state index contributed by atoms with van der Waals surface area (Å²) >= 11 is 0. The smallest absolute Gasteiger partial charge is 0.268 e. The number of aliphatic hydroxyl groups is 1. The summed E-state index contributed by atoms with van der Waals surface area (Å²) in [6.07, 6.45) is 83.2. The van der Waals surface area contributed by atoms with Crippen LogP contribution in [0.15, 0.2) is 158 Å². The van der Waals surface area contributed by atoms with Crippen LogP contribution in [0.3, 0.4) is 0 Å². The van der Waals surface area contributed by atoms with Crippen molar-refractivity contribution in [2.75, 3.05) is 40.9 Å². The second-order valence-corrected chi connectivity index (χ2v) is 20.9. The predicted molar refractivity (Wildman–Crippen MR) is 315 cm³/mol. The van der Waals surface area contributed by atoms with E-state index in [9.17, 15) is 19.4 Å². The van der Waals surface area contributed by atoms with Crippen molar-refractivity contribution >= 4 is 13.7 Å². The average molecular weight is 1030 g/mol. The van der Waals surface area contributed by atoms with Crippen molar-refractivity contribution < 1.29 is 32.9 Å². The molecule has 3 unspecified atom stereocenters. The topological polar surface area (TPSA) is 108 Å². The molecule has 0 saturated heterocycles. The Morgan fingerprint density at radius 1 is 0.493 bits per heavy atom. The molecule has 0 saturated carbocycles. The van der Waals surface area contributed by atoms with Crippen LogP contribution in [-0.4, -0.2) is 68.5 Å². The fraction of sp³-hybridized carbons (Fsp3) is 0.578. The number of rotatable bonds is 49. The van der Waals surface area contributed by atoms with Crippen molar-refractivity contribution in [2.45, 2.75) is 199 Å². The van der Waals surface area contributed by atoms with Crippen molar-refractivity contribution in [3.8, 4) is 0 Å². The lowest BCUT2D eigenvalue weighted by Gasteiger charge is -2.29. The normalized spacial score (nSPS) is 15.1. The summed E-state index contributed by atoms with van der Waals surface area (Å²) in [4.78, 5) is 25.4. The molecule has 412 valence electrons. The molecule has 0 spiro atoms. The van der Waals surface area contributed by atoms with E-state index in [0.29, 0.717) is 17.4 Å². The van der Waals surface area contributed by atoms with Gasteiger partial charge in [0.15, 0.2) is 0 Å². The standard InChI is InChI=1S/C64H105N2O6P/c1-6-8-10-12-14-16-18-20-22-23-24-25-26-27-28-29-30-31-32-33-34-35-36-37-38-39-40-41-42-43-44-46-48-50-52-54-56-58-64(68)65-62(61-72-73(69,70)71-60-59-66(3,4)5)63(67)57-55-53-51-49-47-45-21-19-17-15-13-11-9-7-2/h8,10,14,16-17,19-20,22,24-25,27-28,30-31,33-34,36-37,39-40,42-43,47,49,55,57,62-63,67H,6-7,9,11-13,15,18,21,23,26,29,32,35,38,41,44-46,48,50-54,56,58-61H2,1-5H3,(H-,65,68,69,70)/b10-8-,16-14-,19-17+,22-20-,25-24-,28-27-,31-30-,34-33-,37-36-,40-39-,43-42-,49-47+,57-55+. The predicted octanol–water partition coefficient (Wildman–Crippen LogP) is 16.8. The van der Waals surface area contributed by atoms with Crippen LogP contribution < -0.4 is 10.2 Å². The largest absolute Gasteiger partial charge is 0.756 e. The van der Waals surface area contributed by atoms with Gasteiger partial charge >= 0.3 is 0 Å². The molecule has 2 N–H and O–H groups in total. The zero-order chi connectivity index (χ0) is 53.5. The number of unbranched alkanes of at least 4 members (excludes halogenated alkanes) is 12. The van der Waals surface area contributed by atoms with E-state index < -0.39 is 26.6 Å². The molecule has 8 nitrogen and oxygen atoms in total. The van der Waals surface area contributed by atoms with E-state index in [1.165, 1.54) is 25.7 Å². The van der Waals surface area contributed by atoms with E-state index in [-0.39, 0.29) is 12.5 Å². The number of amides is 1. The van der Waals surface area contributed by atoms with Gasteiger partial charge in [-0.2, -0.15) is 0 Å². The molecule has 1 amide bonds. The van der Waals surface area contributed by atoms with Gasteiger partial charge in [-0.1, -0.05) is 217 Å². The molecule has 0 aromatic carbocycles.